The predicted octanol–water partition coefficient (Wildman–Crippen LogP) is 4.02. The van der Waals surface area contributed by atoms with Crippen LogP contribution in [0, 0.1) is 5.82 Å². The van der Waals surface area contributed by atoms with Crippen molar-refractivity contribution in [3.8, 4) is 0 Å². The first kappa shape index (κ1) is 14.8. The van der Waals surface area contributed by atoms with E-state index < -0.39 is 0 Å². The molecule has 0 radical (unpaired) electrons. The van der Waals surface area contributed by atoms with E-state index in [9.17, 15) is 9.18 Å². The monoisotopic (exact) mass is 275 g/mol. The summed E-state index contributed by atoms with van der Waals surface area (Å²) >= 11 is 0. The Bertz CT molecular complexity index is 458. The first-order valence-electron chi connectivity index (χ1n) is 7.37. The zero-order valence-corrected chi connectivity index (χ0v) is 12.0. The molecule has 0 atom stereocenters. The van der Waals surface area contributed by atoms with E-state index in [1.54, 1.807) is 24.3 Å². The Morgan fingerprint density at radius 3 is 2.35 bits per heavy atom. The molecule has 1 aliphatic carbocycles. The molecule has 20 heavy (non-hydrogen) atoms. The third-order valence-corrected chi connectivity index (χ3v) is 4.01. The van der Waals surface area contributed by atoms with Gasteiger partial charge in [0.1, 0.15) is 5.82 Å². The zero-order valence-electron chi connectivity index (χ0n) is 12.0. The molecule has 0 aromatic heterocycles. The zero-order chi connectivity index (χ0) is 14.4. The predicted molar refractivity (Wildman–Crippen MR) is 79.7 cm³/mol. The van der Waals surface area contributed by atoms with Crippen LogP contribution in [-0.4, -0.2) is 23.9 Å². The number of carbonyl (C=O) groups is 1. The molecule has 1 aliphatic rings. The molecule has 0 unspecified atom stereocenters. The minimum absolute atomic E-state index is 0.0289. The second kappa shape index (κ2) is 7.22. The van der Waals surface area contributed by atoms with Crippen molar-refractivity contribution >= 4 is 12.0 Å². The molecule has 3 heteroatoms. The molecule has 0 spiro atoms. The molecular weight excluding hydrogens is 253 g/mol. The largest absolute Gasteiger partial charge is 0.339 e. The molecule has 0 saturated heterocycles. The molecule has 0 aliphatic heterocycles. The highest BCUT2D eigenvalue weighted by Crippen LogP contribution is 2.21. The lowest BCUT2D eigenvalue weighted by molar-refractivity contribution is -0.126. The number of likely N-dealkylation sites (N-methyl/N-ethyl adjacent to an activating group) is 1. The summed E-state index contributed by atoms with van der Waals surface area (Å²) in [5.74, 6) is -0.231. The highest BCUT2D eigenvalue weighted by molar-refractivity contribution is 5.91. The van der Waals surface area contributed by atoms with Gasteiger partial charge in [-0.2, -0.15) is 0 Å². The normalized spacial score (nSPS) is 17.1. The van der Waals surface area contributed by atoms with E-state index in [-0.39, 0.29) is 11.7 Å². The highest BCUT2D eigenvalue weighted by Gasteiger charge is 2.19. The van der Waals surface area contributed by atoms with Crippen LogP contribution in [0.5, 0.6) is 0 Å². The van der Waals surface area contributed by atoms with E-state index >= 15 is 0 Å². The number of halogens is 1. The van der Waals surface area contributed by atoms with Crippen molar-refractivity contribution in [1.82, 2.24) is 4.90 Å². The summed E-state index contributed by atoms with van der Waals surface area (Å²) in [5.41, 5.74) is 0.842. The minimum atomic E-state index is -0.260. The van der Waals surface area contributed by atoms with Gasteiger partial charge in [-0.3, -0.25) is 4.79 Å². The summed E-state index contributed by atoms with van der Waals surface area (Å²) in [6.45, 7) is 0. The van der Waals surface area contributed by atoms with Crippen LogP contribution in [0.1, 0.15) is 44.1 Å². The fourth-order valence-corrected chi connectivity index (χ4v) is 2.68. The number of nitrogens with zero attached hydrogens (tertiary/aromatic N) is 1. The molecule has 1 aromatic carbocycles. The summed E-state index contributed by atoms with van der Waals surface area (Å²) in [7, 11) is 1.88. The van der Waals surface area contributed by atoms with Gasteiger partial charge < -0.3 is 4.90 Å². The van der Waals surface area contributed by atoms with Gasteiger partial charge in [0.25, 0.3) is 0 Å². The van der Waals surface area contributed by atoms with E-state index in [0.29, 0.717) is 6.04 Å². The number of hydrogen-bond donors (Lipinski definition) is 0. The Balaban J connectivity index is 1.94. The molecule has 108 valence electrons. The van der Waals surface area contributed by atoms with Gasteiger partial charge in [0.05, 0.1) is 0 Å². The summed E-state index contributed by atoms with van der Waals surface area (Å²) in [6.07, 6.45) is 10.5. The Labute approximate surface area is 120 Å². The molecule has 0 heterocycles. The number of carbonyl (C=O) groups excluding carboxylic acids is 1. The first-order chi connectivity index (χ1) is 9.66. The molecule has 1 aromatic rings. The van der Waals surface area contributed by atoms with E-state index in [4.69, 9.17) is 0 Å². The van der Waals surface area contributed by atoms with Crippen LogP contribution < -0.4 is 0 Å². The van der Waals surface area contributed by atoms with Crippen LogP contribution in [0.15, 0.2) is 30.3 Å². The summed E-state index contributed by atoms with van der Waals surface area (Å²) in [4.78, 5) is 14.0. The van der Waals surface area contributed by atoms with Gasteiger partial charge in [-0.05, 0) is 36.6 Å². The van der Waals surface area contributed by atoms with Crippen LogP contribution in [-0.2, 0) is 4.79 Å². The van der Waals surface area contributed by atoms with E-state index in [2.05, 4.69) is 0 Å². The average molecular weight is 275 g/mol. The van der Waals surface area contributed by atoms with Gasteiger partial charge in [-0.25, -0.2) is 4.39 Å². The van der Waals surface area contributed by atoms with Crippen molar-refractivity contribution in [1.29, 1.82) is 0 Å². The summed E-state index contributed by atoms with van der Waals surface area (Å²) in [5, 5.41) is 0. The molecular formula is C17H22FNO. The Morgan fingerprint density at radius 2 is 1.75 bits per heavy atom. The molecule has 1 fully saturated rings. The van der Waals surface area contributed by atoms with Crippen molar-refractivity contribution in [2.75, 3.05) is 7.05 Å². The van der Waals surface area contributed by atoms with Gasteiger partial charge in [0.2, 0.25) is 5.91 Å². The summed E-state index contributed by atoms with van der Waals surface area (Å²) in [6, 6.07) is 6.51. The van der Waals surface area contributed by atoms with Gasteiger partial charge in [-0.1, -0.05) is 37.8 Å². The second-order valence-electron chi connectivity index (χ2n) is 5.48. The van der Waals surface area contributed by atoms with Crippen LogP contribution in [0.3, 0.4) is 0 Å². The van der Waals surface area contributed by atoms with Crippen molar-refractivity contribution in [3.63, 3.8) is 0 Å². The van der Waals surface area contributed by atoms with Crippen LogP contribution >= 0.6 is 0 Å². The fraction of sp³-hybridized carbons (Fsp3) is 0.471. The highest BCUT2D eigenvalue weighted by atomic mass is 19.1. The summed E-state index contributed by atoms with van der Waals surface area (Å²) < 4.78 is 12.8. The van der Waals surface area contributed by atoms with Crippen molar-refractivity contribution < 1.29 is 9.18 Å². The van der Waals surface area contributed by atoms with Crippen LogP contribution in [0.4, 0.5) is 4.39 Å². The first-order valence-corrected chi connectivity index (χ1v) is 7.37. The van der Waals surface area contributed by atoms with Crippen LogP contribution in [0.2, 0.25) is 0 Å². The van der Waals surface area contributed by atoms with E-state index in [0.717, 1.165) is 18.4 Å². The molecule has 0 bridgehead atoms. The molecule has 0 N–H and O–H groups in total. The fourth-order valence-electron chi connectivity index (χ4n) is 2.68. The molecule has 1 saturated carbocycles. The lowest BCUT2D eigenvalue weighted by Crippen LogP contribution is -2.35. The van der Waals surface area contributed by atoms with Gasteiger partial charge in [0, 0.05) is 19.2 Å². The van der Waals surface area contributed by atoms with Crippen molar-refractivity contribution in [2.45, 2.75) is 44.6 Å². The third kappa shape index (κ3) is 4.19. The number of hydrogen-bond acceptors (Lipinski definition) is 1. The smallest absolute Gasteiger partial charge is 0.246 e. The van der Waals surface area contributed by atoms with E-state index in [1.807, 2.05) is 11.9 Å². The SMILES string of the molecule is CN(C(=O)/C=C/c1ccc(F)cc1)C1CCCCCC1. The maximum Gasteiger partial charge on any atom is 0.246 e. The minimum Gasteiger partial charge on any atom is -0.339 e. The molecule has 2 rings (SSSR count). The maximum absolute atomic E-state index is 12.8. The van der Waals surface area contributed by atoms with Crippen LogP contribution in [0.25, 0.3) is 6.08 Å². The van der Waals surface area contributed by atoms with Crippen molar-refractivity contribution in [3.05, 3.63) is 41.7 Å². The maximum atomic E-state index is 12.8. The Hall–Kier alpha value is -1.64. The number of amides is 1. The van der Waals surface area contributed by atoms with E-state index in [1.165, 1.54) is 37.8 Å². The van der Waals surface area contributed by atoms with Crippen molar-refractivity contribution in [2.24, 2.45) is 0 Å². The molecule has 1 amide bonds. The Kier molecular flexibility index (Phi) is 5.33. The second-order valence-corrected chi connectivity index (χ2v) is 5.48. The number of rotatable bonds is 3. The lowest BCUT2D eigenvalue weighted by atomic mass is 10.1. The average Bonchev–Trinajstić information content (AvgIpc) is 2.74. The van der Waals surface area contributed by atoms with Gasteiger partial charge in [0.15, 0.2) is 0 Å². The topological polar surface area (TPSA) is 20.3 Å². The molecule has 2 nitrogen and oxygen atoms in total. The third-order valence-electron chi connectivity index (χ3n) is 4.01. The van der Waals surface area contributed by atoms with Gasteiger partial charge >= 0.3 is 0 Å². The van der Waals surface area contributed by atoms with Gasteiger partial charge in [-0.15, -0.1) is 0 Å². The quantitative estimate of drug-likeness (QED) is 0.602. The number of benzene rings is 1. The lowest BCUT2D eigenvalue weighted by Gasteiger charge is -2.26. The standard InChI is InChI=1S/C17H22FNO/c1-19(16-6-4-2-3-5-7-16)17(20)13-10-14-8-11-15(18)12-9-14/h8-13,16H,2-7H2,1H3/b13-10+. The Morgan fingerprint density at radius 1 is 1.15 bits per heavy atom.